The minimum absolute atomic E-state index is 0.0348. The van der Waals surface area contributed by atoms with E-state index < -0.39 is 10.0 Å². The third-order valence-electron chi connectivity index (χ3n) is 5.01. The zero-order valence-electron chi connectivity index (χ0n) is 18.8. The molecule has 0 aliphatic rings. The summed E-state index contributed by atoms with van der Waals surface area (Å²) in [4.78, 5) is 15.9. The molecule has 6 nitrogen and oxygen atoms in total. The molecule has 0 unspecified atom stereocenters. The van der Waals surface area contributed by atoms with Crippen molar-refractivity contribution in [2.75, 3.05) is 26.8 Å². The van der Waals surface area contributed by atoms with Gasteiger partial charge in [0.1, 0.15) is 5.82 Å². The highest BCUT2D eigenvalue weighted by Crippen LogP contribution is 2.17. The fourth-order valence-corrected chi connectivity index (χ4v) is 5.03. The number of halogens is 1. The highest BCUT2D eigenvalue weighted by Gasteiger charge is 2.25. The van der Waals surface area contributed by atoms with Crippen LogP contribution in [0, 0.1) is 5.82 Å². The maximum atomic E-state index is 13.3. The molecule has 0 aliphatic carbocycles. The summed E-state index contributed by atoms with van der Waals surface area (Å²) in [5.41, 5.74) is 1.49. The molecule has 3 rings (SSSR count). The van der Waals surface area contributed by atoms with Crippen LogP contribution in [0.25, 0.3) is 6.08 Å². The van der Waals surface area contributed by atoms with E-state index in [-0.39, 0.29) is 38.0 Å². The summed E-state index contributed by atoms with van der Waals surface area (Å²) in [5.74, 6) is -0.715. The van der Waals surface area contributed by atoms with E-state index >= 15 is 0 Å². The first-order valence-corrected chi connectivity index (χ1v) is 13.0. The van der Waals surface area contributed by atoms with Gasteiger partial charge in [-0.15, -0.1) is 11.3 Å². The van der Waals surface area contributed by atoms with Crippen molar-refractivity contribution in [2.24, 2.45) is 0 Å². The van der Waals surface area contributed by atoms with Gasteiger partial charge >= 0.3 is 0 Å². The van der Waals surface area contributed by atoms with Crippen LogP contribution < -0.4 is 0 Å². The third kappa shape index (κ3) is 7.88. The van der Waals surface area contributed by atoms with E-state index in [1.807, 2.05) is 35.7 Å². The van der Waals surface area contributed by atoms with Gasteiger partial charge in [-0.25, -0.2) is 12.8 Å². The van der Waals surface area contributed by atoms with Gasteiger partial charge in [-0.1, -0.05) is 48.5 Å². The van der Waals surface area contributed by atoms with Crippen LogP contribution in [0.5, 0.6) is 0 Å². The van der Waals surface area contributed by atoms with Gasteiger partial charge in [-0.3, -0.25) is 4.79 Å². The van der Waals surface area contributed by atoms with Crippen LogP contribution in [-0.4, -0.2) is 50.3 Å². The number of amides is 1. The van der Waals surface area contributed by atoms with Crippen molar-refractivity contribution in [3.63, 3.8) is 0 Å². The van der Waals surface area contributed by atoms with E-state index in [0.29, 0.717) is 6.54 Å². The fourth-order valence-electron chi connectivity index (χ4n) is 3.19. The highest BCUT2D eigenvalue weighted by atomic mass is 32.2. The molecule has 0 saturated carbocycles. The summed E-state index contributed by atoms with van der Waals surface area (Å²) in [7, 11) is -2.41. The zero-order chi connectivity index (χ0) is 24.4. The van der Waals surface area contributed by atoms with E-state index in [1.54, 1.807) is 29.2 Å². The molecule has 0 fully saturated rings. The number of sulfonamides is 1. The first-order chi connectivity index (χ1) is 16.4. The topological polar surface area (TPSA) is 66.9 Å². The Morgan fingerprint density at radius 2 is 1.76 bits per heavy atom. The van der Waals surface area contributed by atoms with Crippen molar-refractivity contribution in [1.82, 2.24) is 9.21 Å². The zero-order valence-corrected chi connectivity index (χ0v) is 20.5. The highest BCUT2D eigenvalue weighted by molar-refractivity contribution is 7.92. The lowest BCUT2D eigenvalue weighted by Gasteiger charge is -2.26. The Morgan fingerprint density at radius 1 is 1.03 bits per heavy atom. The summed E-state index contributed by atoms with van der Waals surface area (Å²) in [6.45, 7) is 0.403. The predicted molar refractivity (Wildman–Crippen MR) is 133 cm³/mol. The normalized spacial score (nSPS) is 11.9. The number of ether oxygens (including phenoxy) is 1. The van der Waals surface area contributed by atoms with Crippen LogP contribution in [0.3, 0.4) is 0 Å². The van der Waals surface area contributed by atoms with Gasteiger partial charge in [-0.2, -0.15) is 4.31 Å². The number of benzene rings is 2. The Hall–Kier alpha value is -2.85. The molecule has 9 heteroatoms. The molecule has 0 atom stereocenters. The Bertz CT molecular complexity index is 1170. The number of hydrogen-bond donors (Lipinski definition) is 0. The molecule has 1 heterocycles. The van der Waals surface area contributed by atoms with Gasteiger partial charge in [-0.05, 0) is 40.8 Å². The number of carbonyl (C=O) groups is 1. The molecule has 180 valence electrons. The number of rotatable bonds is 12. The quantitative estimate of drug-likeness (QED) is 0.369. The van der Waals surface area contributed by atoms with E-state index in [2.05, 4.69) is 0 Å². The van der Waals surface area contributed by atoms with Gasteiger partial charge < -0.3 is 9.64 Å². The Kier molecular flexibility index (Phi) is 9.52. The Morgan fingerprint density at radius 3 is 2.41 bits per heavy atom. The van der Waals surface area contributed by atoms with Crippen molar-refractivity contribution in [3.05, 3.63) is 99.3 Å². The van der Waals surface area contributed by atoms with Gasteiger partial charge in [0.15, 0.2) is 0 Å². The van der Waals surface area contributed by atoms with Crippen molar-refractivity contribution in [2.45, 2.75) is 13.1 Å². The summed E-state index contributed by atoms with van der Waals surface area (Å²) >= 11 is 1.51. The minimum atomic E-state index is -3.88. The maximum absolute atomic E-state index is 13.3. The minimum Gasteiger partial charge on any atom is -0.383 e. The molecule has 3 aromatic rings. The van der Waals surface area contributed by atoms with Crippen LogP contribution in [0.2, 0.25) is 0 Å². The molecule has 1 amide bonds. The maximum Gasteiger partial charge on any atom is 0.238 e. The van der Waals surface area contributed by atoms with E-state index in [9.17, 15) is 17.6 Å². The second-order valence-corrected chi connectivity index (χ2v) is 10.4. The van der Waals surface area contributed by atoms with E-state index in [0.717, 1.165) is 25.7 Å². The number of carbonyl (C=O) groups excluding carboxylic acids is 1. The second kappa shape index (κ2) is 12.6. The number of thiophene rings is 1. The third-order valence-corrected chi connectivity index (χ3v) is 7.39. The molecule has 34 heavy (non-hydrogen) atoms. The first-order valence-electron chi connectivity index (χ1n) is 10.6. The van der Waals surface area contributed by atoms with E-state index in [1.165, 1.54) is 36.7 Å². The second-order valence-electron chi connectivity index (χ2n) is 7.54. The van der Waals surface area contributed by atoms with Gasteiger partial charge in [0.2, 0.25) is 15.9 Å². The molecular weight excluding hydrogens is 475 g/mol. The molecule has 0 N–H and O–H groups in total. The summed E-state index contributed by atoms with van der Waals surface area (Å²) < 4.78 is 45.6. The predicted octanol–water partition coefficient (Wildman–Crippen LogP) is 4.37. The summed E-state index contributed by atoms with van der Waals surface area (Å²) in [5, 5.41) is 3.02. The van der Waals surface area contributed by atoms with Crippen LogP contribution >= 0.6 is 11.3 Å². The van der Waals surface area contributed by atoms with Crippen molar-refractivity contribution < 1.29 is 22.3 Å². The van der Waals surface area contributed by atoms with Gasteiger partial charge in [0, 0.05) is 30.5 Å². The van der Waals surface area contributed by atoms with Crippen LogP contribution in [0.4, 0.5) is 4.39 Å². The van der Waals surface area contributed by atoms with Crippen molar-refractivity contribution >= 4 is 33.3 Å². The number of methoxy groups -OCH3 is 1. The lowest BCUT2D eigenvalue weighted by atomic mass is 10.2. The van der Waals surface area contributed by atoms with Crippen molar-refractivity contribution in [1.29, 1.82) is 0 Å². The van der Waals surface area contributed by atoms with Crippen LogP contribution in [0.15, 0.2) is 77.5 Å². The number of hydrogen-bond acceptors (Lipinski definition) is 5. The largest absolute Gasteiger partial charge is 0.383 e. The molecular formula is C25H27FN2O4S2. The van der Waals surface area contributed by atoms with Crippen molar-refractivity contribution in [3.8, 4) is 0 Å². The summed E-state index contributed by atoms with van der Waals surface area (Å²) in [6.07, 6.45) is 1.50. The molecule has 0 saturated heterocycles. The standard InChI is InChI=1S/C25H27FN2O4S2/c1-32-15-14-28(34(30,31)17-13-21-6-3-2-4-7-21)20-25(29)27(19-24-8-5-16-33-24)18-22-9-11-23(26)12-10-22/h2-13,16-17H,14-15,18-20H2,1H3/b17-13+. The smallest absolute Gasteiger partial charge is 0.238 e. The molecule has 0 aliphatic heterocycles. The number of nitrogens with zero attached hydrogens (tertiary/aromatic N) is 2. The summed E-state index contributed by atoms with van der Waals surface area (Å²) in [6, 6.07) is 18.8. The monoisotopic (exact) mass is 502 g/mol. The molecule has 2 aromatic carbocycles. The Labute approximate surface area is 204 Å². The SMILES string of the molecule is COCCN(CC(=O)N(Cc1ccc(F)cc1)Cc1cccs1)S(=O)(=O)/C=C/c1ccccc1. The molecule has 0 radical (unpaired) electrons. The van der Waals surface area contributed by atoms with Gasteiger partial charge in [0.25, 0.3) is 0 Å². The average molecular weight is 503 g/mol. The van der Waals surface area contributed by atoms with E-state index in [4.69, 9.17) is 4.74 Å². The van der Waals surface area contributed by atoms with Gasteiger partial charge in [0.05, 0.1) is 19.7 Å². The van der Waals surface area contributed by atoms with Crippen LogP contribution in [0.1, 0.15) is 16.0 Å². The average Bonchev–Trinajstić information content (AvgIpc) is 3.35. The molecule has 0 spiro atoms. The Balaban J connectivity index is 1.80. The molecule has 1 aromatic heterocycles. The fraction of sp³-hybridized carbons (Fsp3) is 0.240. The first kappa shape index (κ1) is 25.8. The van der Waals surface area contributed by atoms with Crippen LogP contribution in [-0.2, 0) is 32.6 Å². The molecule has 0 bridgehead atoms. The lowest BCUT2D eigenvalue weighted by Crippen LogP contribution is -2.43. The lowest BCUT2D eigenvalue weighted by molar-refractivity contribution is -0.132.